The van der Waals surface area contributed by atoms with Crippen molar-refractivity contribution in [1.82, 2.24) is 10.0 Å². The fraction of sp³-hybridized carbons (Fsp3) is 0.538. The second-order valence-corrected chi connectivity index (χ2v) is 5.31. The lowest BCUT2D eigenvalue weighted by Crippen LogP contribution is -2.38. The molecule has 92 valence electrons. The third-order valence-electron chi connectivity index (χ3n) is 2.82. The zero-order valence-electron chi connectivity index (χ0n) is 10.5. The summed E-state index contributed by atoms with van der Waals surface area (Å²) in [4.78, 5) is 21.8. The maximum atomic E-state index is 12.2. The molecule has 1 unspecified atom stereocenters. The number of hydroxylamine groups is 2. The fourth-order valence-electron chi connectivity index (χ4n) is 1.88. The van der Waals surface area contributed by atoms with Crippen molar-refractivity contribution in [2.24, 2.45) is 5.41 Å². The Labute approximate surface area is 102 Å². The number of nitrogens with zero attached hydrogens (tertiary/aromatic N) is 2. The quantitative estimate of drug-likeness (QED) is 0.749. The maximum Gasteiger partial charge on any atom is 0.252 e. The summed E-state index contributed by atoms with van der Waals surface area (Å²) in [5.74, 6) is 0.0175. The van der Waals surface area contributed by atoms with Crippen molar-refractivity contribution >= 4 is 5.91 Å². The molecule has 0 saturated carbocycles. The summed E-state index contributed by atoms with van der Waals surface area (Å²) >= 11 is 0. The molecule has 0 radical (unpaired) electrons. The summed E-state index contributed by atoms with van der Waals surface area (Å²) in [6, 6.07) is 3.86. The van der Waals surface area contributed by atoms with Crippen molar-refractivity contribution in [3.8, 4) is 0 Å². The van der Waals surface area contributed by atoms with Gasteiger partial charge in [0, 0.05) is 24.2 Å². The van der Waals surface area contributed by atoms with Gasteiger partial charge < -0.3 is 0 Å². The van der Waals surface area contributed by atoms with E-state index in [2.05, 4.69) is 4.98 Å². The first-order valence-corrected chi connectivity index (χ1v) is 5.86. The van der Waals surface area contributed by atoms with Gasteiger partial charge >= 0.3 is 0 Å². The monoisotopic (exact) mass is 234 g/mol. The van der Waals surface area contributed by atoms with Gasteiger partial charge in [0.25, 0.3) is 5.91 Å². The SMILES string of the molecule is CC(C)(C)C(=O)N1OCCC1c1cccnc1. The van der Waals surface area contributed by atoms with Crippen LogP contribution in [-0.4, -0.2) is 22.6 Å². The molecule has 17 heavy (non-hydrogen) atoms. The summed E-state index contributed by atoms with van der Waals surface area (Å²) in [5.41, 5.74) is 0.604. The topological polar surface area (TPSA) is 42.4 Å². The first-order chi connectivity index (χ1) is 8.00. The molecule has 1 fully saturated rings. The van der Waals surface area contributed by atoms with Gasteiger partial charge in [-0.3, -0.25) is 14.6 Å². The summed E-state index contributed by atoms with van der Waals surface area (Å²) in [7, 11) is 0. The number of carbonyl (C=O) groups excluding carboxylic acids is 1. The molecule has 0 aliphatic carbocycles. The van der Waals surface area contributed by atoms with Crippen molar-refractivity contribution < 1.29 is 9.63 Å². The Morgan fingerprint density at radius 3 is 2.88 bits per heavy atom. The number of rotatable bonds is 1. The van der Waals surface area contributed by atoms with Gasteiger partial charge in [-0.05, 0) is 11.6 Å². The Balaban J connectivity index is 2.22. The second-order valence-electron chi connectivity index (χ2n) is 5.31. The molecule has 0 spiro atoms. The van der Waals surface area contributed by atoms with E-state index >= 15 is 0 Å². The van der Waals surface area contributed by atoms with E-state index in [0.29, 0.717) is 6.61 Å². The van der Waals surface area contributed by atoms with Gasteiger partial charge in [-0.1, -0.05) is 26.8 Å². The second kappa shape index (κ2) is 4.45. The van der Waals surface area contributed by atoms with Gasteiger partial charge in [0.15, 0.2) is 0 Å². The molecule has 1 aliphatic heterocycles. The predicted octanol–water partition coefficient (Wildman–Crippen LogP) is 2.33. The minimum absolute atomic E-state index is 0.00424. The zero-order valence-corrected chi connectivity index (χ0v) is 10.5. The third kappa shape index (κ3) is 2.47. The highest BCUT2D eigenvalue weighted by Crippen LogP contribution is 2.33. The Bertz CT molecular complexity index is 398. The van der Waals surface area contributed by atoms with E-state index in [1.54, 1.807) is 12.4 Å². The average molecular weight is 234 g/mol. The predicted molar refractivity (Wildman–Crippen MR) is 63.8 cm³/mol. The van der Waals surface area contributed by atoms with E-state index in [-0.39, 0.29) is 11.9 Å². The molecule has 1 aromatic rings. The standard InChI is InChI=1S/C13H18N2O2/c1-13(2,3)12(16)15-11(6-8-17-15)10-5-4-7-14-9-10/h4-5,7,9,11H,6,8H2,1-3H3. The highest BCUT2D eigenvalue weighted by atomic mass is 16.7. The minimum atomic E-state index is -0.426. The Hall–Kier alpha value is -1.42. The normalized spacial score (nSPS) is 20.6. The van der Waals surface area contributed by atoms with Crippen LogP contribution in [0.2, 0.25) is 0 Å². The van der Waals surface area contributed by atoms with Gasteiger partial charge in [0.1, 0.15) is 0 Å². The molecule has 1 saturated heterocycles. The van der Waals surface area contributed by atoms with Gasteiger partial charge in [0.2, 0.25) is 0 Å². The van der Waals surface area contributed by atoms with Gasteiger partial charge in [-0.15, -0.1) is 0 Å². The van der Waals surface area contributed by atoms with Crippen LogP contribution in [0.5, 0.6) is 0 Å². The van der Waals surface area contributed by atoms with Crippen molar-refractivity contribution in [2.75, 3.05) is 6.61 Å². The van der Waals surface area contributed by atoms with E-state index in [0.717, 1.165) is 12.0 Å². The molecule has 4 heteroatoms. The molecule has 1 aromatic heterocycles. The van der Waals surface area contributed by atoms with Gasteiger partial charge in [-0.25, -0.2) is 5.06 Å². The Morgan fingerprint density at radius 1 is 1.53 bits per heavy atom. The van der Waals surface area contributed by atoms with Crippen LogP contribution < -0.4 is 0 Å². The van der Waals surface area contributed by atoms with Crippen LogP contribution >= 0.6 is 0 Å². The third-order valence-corrected chi connectivity index (χ3v) is 2.82. The smallest absolute Gasteiger partial charge is 0.252 e. The van der Waals surface area contributed by atoms with Crippen LogP contribution in [0, 0.1) is 5.41 Å². The van der Waals surface area contributed by atoms with Crippen LogP contribution in [0.15, 0.2) is 24.5 Å². The summed E-state index contributed by atoms with van der Waals surface area (Å²) < 4.78 is 0. The van der Waals surface area contributed by atoms with E-state index in [9.17, 15) is 4.79 Å². The lowest BCUT2D eigenvalue weighted by atomic mass is 9.94. The van der Waals surface area contributed by atoms with Crippen LogP contribution in [0.4, 0.5) is 0 Å². The van der Waals surface area contributed by atoms with Crippen LogP contribution in [0.3, 0.4) is 0 Å². The summed E-state index contributed by atoms with van der Waals surface area (Å²) in [6.07, 6.45) is 4.35. The molecule has 2 rings (SSSR count). The molecule has 1 atom stereocenters. The Kier molecular flexibility index (Phi) is 3.15. The van der Waals surface area contributed by atoms with Crippen molar-refractivity contribution in [3.63, 3.8) is 0 Å². The number of amides is 1. The number of carbonyl (C=O) groups is 1. The van der Waals surface area contributed by atoms with Gasteiger partial charge in [-0.2, -0.15) is 0 Å². The lowest BCUT2D eigenvalue weighted by Gasteiger charge is -2.28. The van der Waals surface area contributed by atoms with E-state index in [4.69, 9.17) is 4.84 Å². The number of aromatic nitrogens is 1. The number of hydrogen-bond donors (Lipinski definition) is 0. The molecule has 1 aliphatic rings. The van der Waals surface area contributed by atoms with E-state index in [1.807, 2.05) is 32.9 Å². The molecule has 1 amide bonds. The van der Waals surface area contributed by atoms with Crippen molar-refractivity contribution in [2.45, 2.75) is 33.2 Å². The number of pyridine rings is 1. The highest BCUT2D eigenvalue weighted by molar-refractivity contribution is 5.81. The molecule has 2 heterocycles. The average Bonchev–Trinajstić information content (AvgIpc) is 2.76. The summed E-state index contributed by atoms with van der Waals surface area (Å²) in [6.45, 7) is 6.29. The van der Waals surface area contributed by atoms with Crippen LogP contribution in [0.1, 0.15) is 38.8 Å². The first-order valence-electron chi connectivity index (χ1n) is 5.86. The first kappa shape index (κ1) is 12.0. The van der Waals surface area contributed by atoms with Crippen LogP contribution in [-0.2, 0) is 9.63 Å². The van der Waals surface area contributed by atoms with Crippen molar-refractivity contribution in [3.05, 3.63) is 30.1 Å². The van der Waals surface area contributed by atoms with E-state index in [1.165, 1.54) is 5.06 Å². The van der Waals surface area contributed by atoms with E-state index < -0.39 is 5.41 Å². The lowest BCUT2D eigenvalue weighted by molar-refractivity contribution is -0.186. The molecule has 4 nitrogen and oxygen atoms in total. The minimum Gasteiger partial charge on any atom is -0.272 e. The molecular weight excluding hydrogens is 216 g/mol. The molecule has 0 bridgehead atoms. The zero-order chi connectivity index (χ0) is 12.5. The van der Waals surface area contributed by atoms with Crippen molar-refractivity contribution in [1.29, 1.82) is 0 Å². The van der Waals surface area contributed by atoms with Gasteiger partial charge in [0.05, 0.1) is 12.6 Å². The highest BCUT2D eigenvalue weighted by Gasteiger charge is 2.37. The molecule has 0 N–H and O–H groups in total. The summed E-state index contributed by atoms with van der Waals surface area (Å²) in [5, 5.41) is 1.51. The number of hydrogen-bond acceptors (Lipinski definition) is 3. The maximum absolute atomic E-state index is 12.2. The van der Waals surface area contributed by atoms with Crippen LogP contribution in [0.25, 0.3) is 0 Å². The molecule has 0 aromatic carbocycles. The fourth-order valence-corrected chi connectivity index (χ4v) is 1.88. The molecular formula is C13H18N2O2. The largest absolute Gasteiger partial charge is 0.272 e. The Morgan fingerprint density at radius 2 is 2.29 bits per heavy atom.